The van der Waals surface area contributed by atoms with Gasteiger partial charge >= 0.3 is 5.97 Å². The third kappa shape index (κ3) is 3.89. The monoisotopic (exact) mass is 510 g/mol. The summed E-state index contributed by atoms with van der Waals surface area (Å²) in [4.78, 5) is 13.1. The topological polar surface area (TPSA) is 117 Å². The zero-order valence-corrected chi connectivity index (χ0v) is 21.7. The van der Waals surface area contributed by atoms with E-state index in [0.29, 0.717) is 39.5 Å². The number of para-hydroxylation sites is 1. The molecular formula is C30H26N2O6. The quantitative estimate of drug-likeness (QED) is 0.264. The van der Waals surface area contributed by atoms with Crippen LogP contribution < -0.4 is 24.7 Å². The summed E-state index contributed by atoms with van der Waals surface area (Å²) >= 11 is 0. The Bertz CT molecular complexity index is 1670. The maximum Gasteiger partial charge on any atom is 0.379 e. The molecule has 4 aromatic rings. The van der Waals surface area contributed by atoms with Crippen LogP contribution >= 0.6 is 0 Å². The molecular weight excluding hydrogens is 484 g/mol. The third-order valence-corrected chi connectivity index (χ3v) is 6.96. The maximum atomic E-state index is 13.1. The summed E-state index contributed by atoms with van der Waals surface area (Å²) in [6, 6.07) is 16.5. The number of methoxy groups -OCH3 is 2. The predicted molar refractivity (Wildman–Crippen MR) is 141 cm³/mol. The molecule has 0 aliphatic carbocycles. The van der Waals surface area contributed by atoms with Crippen LogP contribution in [-0.2, 0) is 0 Å². The molecule has 0 saturated heterocycles. The lowest BCUT2D eigenvalue weighted by Crippen LogP contribution is -2.21. The molecule has 3 aromatic carbocycles. The summed E-state index contributed by atoms with van der Waals surface area (Å²) in [5.41, 5.74) is 11.2. The van der Waals surface area contributed by atoms with Crippen molar-refractivity contribution in [2.75, 3.05) is 14.2 Å². The molecule has 1 aromatic heterocycles. The van der Waals surface area contributed by atoms with Crippen LogP contribution in [0.25, 0.3) is 11.0 Å². The molecule has 8 heteroatoms. The highest BCUT2D eigenvalue weighted by molar-refractivity contribution is 5.98. The zero-order valence-electron chi connectivity index (χ0n) is 21.7. The number of carbonyl (C=O) groups excluding carboxylic acids is 1. The zero-order chi connectivity index (χ0) is 27.1. The Hall–Kier alpha value is -4.90. The van der Waals surface area contributed by atoms with Crippen molar-refractivity contribution < 1.29 is 28.2 Å². The second kappa shape index (κ2) is 9.52. The lowest BCUT2D eigenvalue weighted by atomic mass is 9.83. The normalized spacial score (nSPS) is 14.5. The molecule has 0 spiro atoms. The van der Waals surface area contributed by atoms with Crippen molar-refractivity contribution in [1.82, 2.24) is 0 Å². The van der Waals surface area contributed by atoms with Crippen LogP contribution in [0.1, 0.15) is 44.3 Å². The van der Waals surface area contributed by atoms with Gasteiger partial charge in [-0.1, -0.05) is 30.3 Å². The number of fused-ring (bicyclic) bond motifs is 2. The molecule has 1 unspecified atom stereocenters. The Labute approximate surface area is 219 Å². The van der Waals surface area contributed by atoms with Crippen LogP contribution in [0.3, 0.4) is 0 Å². The number of aryl methyl sites for hydroxylation is 3. The summed E-state index contributed by atoms with van der Waals surface area (Å²) in [5, 5.41) is 10.8. The Balaban J connectivity index is 1.53. The van der Waals surface area contributed by atoms with E-state index >= 15 is 0 Å². The van der Waals surface area contributed by atoms with Gasteiger partial charge < -0.3 is 29.1 Å². The molecule has 0 bridgehead atoms. The van der Waals surface area contributed by atoms with Gasteiger partial charge in [0.05, 0.1) is 20.1 Å². The number of ether oxygens (including phenoxy) is 4. The van der Waals surface area contributed by atoms with Crippen LogP contribution in [0.15, 0.2) is 64.4 Å². The standard InChI is InChI=1S/C30H26N2O6/c1-15-9-11-19-17(3)27(38-26(19)16(15)2)30(33)36-18-10-12-20-24(13-18)37-29(32)22(14-31)25(20)21-7-6-8-23(34-4)28(21)35-5/h6-13,25H,32H2,1-5H3. The third-order valence-electron chi connectivity index (χ3n) is 6.96. The van der Waals surface area contributed by atoms with Gasteiger partial charge in [-0.15, -0.1) is 0 Å². The van der Waals surface area contributed by atoms with Gasteiger partial charge in [0.1, 0.15) is 28.7 Å². The number of benzene rings is 3. The van der Waals surface area contributed by atoms with Gasteiger partial charge in [0, 0.05) is 28.1 Å². The van der Waals surface area contributed by atoms with Gasteiger partial charge in [0.15, 0.2) is 11.5 Å². The second-order valence-electron chi connectivity index (χ2n) is 9.04. The fraction of sp³-hybridized carbons (Fsp3) is 0.200. The summed E-state index contributed by atoms with van der Waals surface area (Å²) < 4.78 is 28.5. The summed E-state index contributed by atoms with van der Waals surface area (Å²) in [5.74, 6) is 0.484. The molecule has 192 valence electrons. The van der Waals surface area contributed by atoms with Crippen molar-refractivity contribution in [2.24, 2.45) is 5.73 Å². The molecule has 8 nitrogen and oxygen atoms in total. The van der Waals surface area contributed by atoms with Gasteiger partial charge in [-0.3, -0.25) is 0 Å². The summed E-state index contributed by atoms with van der Waals surface area (Å²) in [7, 11) is 3.08. The first-order chi connectivity index (χ1) is 18.3. The van der Waals surface area contributed by atoms with E-state index in [9.17, 15) is 10.1 Å². The fourth-order valence-electron chi connectivity index (χ4n) is 4.82. The van der Waals surface area contributed by atoms with Gasteiger partial charge in [-0.25, -0.2) is 4.79 Å². The first-order valence-corrected chi connectivity index (χ1v) is 11.9. The van der Waals surface area contributed by atoms with Gasteiger partial charge in [-0.05, 0) is 44.0 Å². The number of nitrogens with zero attached hydrogens (tertiary/aromatic N) is 1. The highest BCUT2D eigenvalue weighted by atomic mass is 16.5. The van der Waals surface area contributed by atoms with E-state index in [2.05, 4.69) is 6.07 Å². The number of nitriles is 1. The smallest absolute Gasteiger partial charge is 0.379 e. The highest BCUT2D eigenvalue weighted by Gasteiger charge is 2.34. The molecule has 2 N–H and O–H groups in total. The number of allylic oxidation sites excluding steroid dienone is 1. The van der Waals surface area contributed by atoms with Crippen molar-refractivity contribution in [1.29, 1.82) is 5.26 Å². The number of carbonyl (C=O) groups is 1. The van der Waals surface area contributed by atoms with E-state index < -0.39 is 11.9 Å². The average molecular weight is 511 g/mol. The number of nitrogens with two attached hydrogens (primary N) is 1. The van der Waals surface area contributed by atoms with E-state index in [1.807, 2.05) is 45.0 Å². The number of esters is 1. The van der Waals surface area contributed by atoms with Gasteiger partial charge in [0.25, 0.3) is 0 Å². The Morgan fingerprint density at radius 1 is 1.00 bits per heavy atom. The van der Waals surface area contributed by atoms with Crippen molar-refractivity contribution in [3.63, 3.8) is 0 Å². The first-order valence-electron chi connectivity index (χ1n) is 11.9. The van der Waals surface area contributed by atoms with Crippen LogP contribution in [-0.4, -0.2) is 20.2 Å². The van der Waals surface area contributed by atoms with Crippen molar-refractivity contribution >= 4 is 16.9 Å². The lowest BCUT2D eigenvalue weighted by Gasteiger charge is -2.28. The SMILES string of the molecule is COc1cccc(C2C(C#N)=C(N)Oc3cc(OC(=O)c4oc5c(C)c(C)ccc5c4C)ccc32)c1OC. The van der Waals surface area contributed by atoms with E-state index in [-0.39, 0.29) is 23.0 Å². The number of furan rings is 1. The molecule has 0 saturated carbocycles. The molecule has 5 rings (SSSR count). The van der Waals surface area contributed by atoms with Gasteiger partial charge in [-0.2, -0.15) is 5.26 Å². The van der Waals surface area contributed by atoms with E-state index in [1.54, 1.807) is 31.4 Å². The molecule has 38 heavy (non-hydrogen) atoms. The Morgan fingerprint density at radius 2 is 1.79 bits per heavy atom. The molecule has 0 fully saturated rings. The van der Waals surface area contributed by atoms with Gasteiger partial charge in [0.2, 0.25) is 11.6 Å². The maximum absolute atomic E-state index is 13.1. The number of rotatable bonds is 5. The van der Waals surface area contributed by atoms with E-state index in [4.69, 9.17) is 29.1 Å². The minimum Gasteiger partial charge on any atom is -0.493 e. The fourth-order valence-corrected chi connectivity index (χ4v) is 4.82. The van der Waals surface area contributed by atoms with Crippen molar-refractivity contribution in [3.8, 4) is 29.1 Å². The van der Waals surface area contributed by atoms with Crippen LogP contribution in [0.2, 0.25) is 0 Å². The second-order valence-corrected chi connectivity index (χ2v) is 9.04. The van der Waals surface area contributed by atoms with Crippen LogP contribution in [0.4, 0.5) is 0 Å². The molecule has 1 aliphatic rings. The molecule has 1 aliphatic heterocycles. The van der Waals surface area contributed by atoms with E-state index in [0.717, 1.165) is 16.5 Å². The Kier molecular flexibility index (Phi) is 6.21. The van der Waals surface area contributed by atoms with Crippen molar-refractivity contribution in [2.45, 2.75) is 26.7 Å². The highest BCUT2D eigenvalue weighted by Crippen LogP contribution is 2.48. The average Bonchev–Trinajstić information content (AvgIpc) is 3.26. The minimum absolute atomic E-state index is 0.0441. The minimum atomic E-state index is -0.626. The summed E-state index contributed by atoms with van der Waals surface area (Å²) in [6.45, 7) is 5.77. The first kappa shape index (κ1) is 24.8. The molecule has 2 heterocycles. The van der Waals surface area contributed by atoms with Crippen LogP contribution in [0.5, 0.6) is 23.0 Å². The largest absolute Gasteiger partial charge is 0.493 e. The molecule has 0 amide bonds. The van der Waals surface area contributed by atoms with Crippen molar-refractivity contribution in [3.05, 3.63) is 93.6 Å². The lowest BCUT2D eigenvalue weighted by molar-refractivity contribution is 0.0702. The predicted octanol–water partition coefficient (Wildman–Crippen LogP) is 5.81. The summed E-state index contributed by atoms with van der Waals surface area (Å²) in [6.07, 6.45) is 0. The van der Waals surface area contributed by atoms with Crippen LogP contribution in [0, 0.1) is 32.1 Å². The van der Waals surface area contributed by atoms with E-state index in [1.165, 1.54) is 7.11 Å². The Morgan fingerprint density at radius 3 is 2.50 bits per heavy atom. The molecule has 0 radical (unpaired) electrons. The number of hydrogen-bond acceptors (Lipinski definition) is 8. The molecule has 1 atom stereocenters. The number of hydrogen-bond donors (Lipinski definition) is 1.